The smallest absolute Gasteiger partial charge is 0.251 e. The van der Waals surface area contributed by atoms with Gasteiger partial charge in [-0.05, 0) is 35.9 Å². The van der Waals surface area contributed by atoms with E-state index in [9.17, 15) is 14.0 Å². The first-order chi connectivity index (χ1) is 13.0. The minimum atomic E-state index is -0.322. The molecule has 0 radical (unpaired) electrons. The minimum Gasteiger partial charge on any atom is -0.326 e. The number of aromatic amines is 1. The quantitative estimate of drug-likeness (QED) is 0.439. The van der Waals surface area contributed by atoms with Crippen molar-refractivity contribution in [1.29, 1.82) is 0 Å². The fourth-order valence-electron chi connectivity index (χ4n) is 2.31. The second-order valence-corrected chi connectivity index (χ2v) is 7.57. The standard InChI is InChI=1S/C19H15BrFN3O2S/c20-13-2-1-3-15(8-13)22-17(25)9-16-10-18(26)24-19(23-16)27-11-12-4-6-14(21)7-5-12/h1-8,10H,9,11H2,(H,22,25)(H,23,24,26). The second-order valence-electron chi connectivity index (χ2n) is 5.69. The number of thioether (sulfide) groups is 1. The summed E-state index contributed by atoms with van der Waals surface area (Å²) >= 11 is 4.66. The Hall–Kier alpha value is -2.45. The van der Waals surface area contributed by atoms with E-state index in [1.54, 1.807) is 24.3 Å². The lowest BCUT2D eigenvalue weighted by atomic mass is 10.2. The van der Waals surface area contributed by atoms with E-state index in [0.29, 0.717) is 22.3 Å². The molecule has 0 fully saturated rings. The Balaban J connectivity index is 1.64. The van der Waals surface area contributed by atoms with E-state index in [-0.39, 0.29) is 23.7 Å². The molecule has 0 saturated heterocycles. The van der Waals surface area contributed by atoms with Crippen LogP contribution in [0, 0.1) is 5.82 Å². The lowest BCUT2D eigenvalue weighted by Gasteiger charge is -2.07. The molecule has 0 aliphatic carbocycles. The van der Waals surface area contributed by atoms with Gasteiger partial charge in [-0.1, -0.05) is 45.9 Å². The van der Waals surface area contributed by atoms with Crippen LogP contribution in [-0.2, 0) is 17.0 Å². The first kappa shape index (κ1) is 19.3. The largest absolute Gasteiger partial charge is 0.326 e. The number of halogens is 2. The number of nitrogens with one attached hydrogen (secondary N) is 2. The molecule has 3 rings (SSSR count). The Kier molecular flexibility index (Phi) is 6.41. The highest BCUT2D eigenvalue weighted by Gasteiger charge is 2.09. The average Bonchev–Trinajstić information content (AvgIpc) is 2.60. The number of H-pyrrole nitrogens is 1. The molecule has 1 amide bonds. The molecule has 27 heavy (non-hydrogen) atoms. The molecule has 138 valence electrons. The number of anilines is 1. The van der Waals surface area contributed by atoms with Crippen LogP contribution < -0.4 is 10.9 Å². The van der Waals surface area contributed by atoms with Crippen molar-refractivity contribution in [2.45, 2.75) is 17.3 Å². The molecule has 0 saturated carbocycles. The Morgan fingerprint density at radius 3 is 2.70 bits per heavy atom. The van der Waals surface area contributed by atoms with Gasteiger partial charge in [-0.2, -0.15) is 0 Å². The van der Waals surface area contributed by atoms with Crippen molar-refractivity contribution in [3.63, 3.8) is 0 Å². The van der Waals surface area contributed by atoms with Crippen molar-refractivity contribution in [1.82, 2.24) is 9.97 Å². The number of hydrogen-bond donors (Lipinski definition) is 2. The molecule has 0 spiro atoms. The molecule has 2 aromatic carbocycles. The predicted molar refractivity (Wildman–Crippen MR) is 107 cm³/mol. The zero-order valence-corrected chi connectivity index (χ0v) is 16.4. The van der Waals surface area contributed by atoms with Crippen LogP contribution in [0.3, 0.4) is 0 Å². The molecule has 0 unspecified atom stereocenters. The number of rotatable bonds is 6. The monoisotopic (exact) mass is 447 g/mol. The summed E-state index contributed by atoms with van der Waals surface area (Å²) in [4.78, 5) is 31.0. The first-order valence-electron chi connectivity index (χ1n) is 8.01. The van der Waals surface area contributed by atoms with E-state index in [2.05, 4.69) is 31.2 Å². The van der Waals surface area contributed by atoms with E-state index in [1.165, 1.54) is 30.0 Å². The van der Waals surface area contributed by atoms with Crippen molar-refractivity contribution in [2.24, 2.45) is 0 Å². The van der Waals surface area contributed by atoms with Gasteiger partial charge in [-0.15, -0.1) is 0 Å². The van der Waals surface area contributed by atoms with Crippen LogP contribution in [0.25, 0.3) is 0 Å². The lowest BCUT2D eigenvalue weighted by Crippen LogP contribution is -2.18. The van der Waals surface area contributed by atoms with E-state index < -0.39 is 0 Å². The summed E-state index contributed by atoms with van der Waals surface area (Å²) in [5, 5.41) is 3.18. The molecule has 5 nitrogen and oxygen atoms in total. The number of aromatic nitrogens is 2. The Labute approximate surface area is 167 Å². The molecule has 0 aliphatic rings. The Morgan fingerprint density at radius 1 is 1.19 bits per heavy atom. The minimum absolute atomic E-state index is 0.0134. The van der Waals surface area contributed by atoms with Crippen molar-refractivity contribution in [2.75, 3.05) is 5.32 Å². The highest BCUT2D eigenvalue weighted by molar-refractivity contribution is 9.10. The van der Waals surface area contributed by atoms with E-state index in [0.717, 1.165) is 10.0 Å². The maximum Gasteiger partial charge on any atom is 0.251 e. The van der Waals surface area contributed by atoms with E-state index in [4.69, 9.17) is 0 Å². The number of nitrogens with zero attached hydrogens (tertiary/aromatic N) is 1. The average molecular weight is 448 g/mol. The summed E-state index contributed by atoms with van der Waals surface area (Å²) in [5.41, 5.74) is 1.62. The topological polar surface area (TPSA) is 74.8 Å². The van der Waals surface area contributed by atoms with Crippen LogP contribution in [0.4, 0.5) is 10.1 Å². The van der Waals surface area contributed by atoms with Gasteiger partial charge in [-0.25, -0.2) is 9.37 Å². The van der Waals surface area contributed by atoms with Gasteiger partial charge >= 0.3 is 0 Å². The fraction of sp³-hybridized carbons (Fsp3) is 0.105. The fourth-order valence-corrected chi connectivity index (χ4v) is 3.56. The highest BCUT2D eigenvalue weighted by atomic mass is 79.9. The third-order valence-electron chi connectivity index (χ3n) is 3.51. The van der Waals surface area contributed by atoms with Gasteiger partial charge < -0.3 is 10.3 Å². The maximum absolute atomic E-state index is 12.9. The summed E-state index contributed by atoms with van der Waals surface area (Å²) in [7, 11) is 0. The molecule has 0 bridgehead atoms. The zero-order valence-electron chi connectivity index (χ0n) is 14.0. The summed E-state index contributed by atoms with van der Waals surface area (Å²) in [6, 6.07) is 14.7. The van der Waals surface area contributed by atoms with Gasteiger partial charge in [0.05, 0.1) is 12.1 Å². The van der Waals surface area contributed by atoms with Gasteiger partial charge in [0.25, 0.3) is 5.56 Å². The third-order valence-corrected chi connectivity index (χ3v) is 4.95. The Bertz CT molecular complexity index is 1010. The predicted octanol–water partition coefficient (Wildman–Crippen LogP) is 4.15. The summed E-state index contributed by atoms with van der Waals surface area (Å²) < 4.78 is 13.8. The van der Waals surface area contributed by atoms with E-state index in [1.807, 2.05) is 12.1 Å². The summed E-state index contributed by atoms with van der Waals surface area (Å²) in [6.45, 7) is 0. The normalized spacial score (nSPS) is 10.6. The van der Waals surface area contributed by atoms with Gasteiger partial charge in [0, 0.05) is 22.0 Å². The van der Waals surface area contributed by atoms with Crippen molar-refractivity contribution < 1.29 is 9.18 Å². The lowest BCUT2D eigenvalue weighted by molar-refractivity contribution is -0.115. The van der Waals surface area contributed by atoms with Crippen molar-refractivity contribution in [3.05, 3.63) is 86.5 Å². The highest BCUT2D eigenvalue weighted by Crippen LogP contribution is 2.19. The van der Waals surface area contributed by atoms with Gasteiger partial charge in [0.15, 0.2) is 5.16 Å². The molecular weight excluding hydrogens is 433 g/mol. The van der Waals surface area contributed by atoms with Gasteiger partial charge in [-0.3, -0.25) is 9.59 Å². The second kappa shape index (κ2) is 8.96. The SMILES string of the molecule is O=C(Cc1cc(=O)[nH]c(SCc2ccc(F)cc2)n1)Nc1cccc(Br)c1. The molecule has 1 aromatic heterocycles. The zero-order chi connectivity index (χ0) is 19.2. The van der Waals surface area contributed by atoms with Crippen LogP contribution in [0.5, 0.6) is 0 Å². The van der Waals surface area contributed by atoms with Crippen molar-refractivity contribution in [3.8, 4) is 0 Å². The summed E-state index contributed by atoms with van der Waals surface area (Å²) in [6.07, 6.45) is -0.0134. The molecular formula is C19H15BrFN3O2S. The maximum atomic E-state index is 12.9. The Morgan fingerprint density at radius 2 is 1.96 bits per heavy atom. The molecule has 2 N–H and O–H groups in total. The molecule has 8 heteroatoms. The number of amides is 1. The molecule has 1 heterocycles. The van der Waals surface area contributed by atoms with Crippen LogP contribution >= 0.6 is 27.7 Å². The number of carbonyl (C=O) groups is 1. The van der Waals surface area contributed by atoms with Crippen LogP contribution in [0.15, 0.2) is 69.0 Å². The third kappa shape index (κ3) is 6.04. The van der Waals surface area contributed by atoms with Crippen LogP contribution in [-0.4, -0.2) is 15.9 Å². The van der Waals surface area contributed by atoms with E-state index >= 15 is 0 Å². The van der Waals surface area contributed by atoms with Gasteiger partial charge in [0.1, 0.15) is 5.82 Å². The van der Waals surface area contributed by atoms with Crippen LogP contribution in [0.2, 0.25) is 0 Å². The molecule has 3 aromatic rings. The number of carbonyl (C=O) groups excluding carboxylic acids is 1. The summed E-state index contributed by atoms with van der Waals surface area (Å²) in [5.74, 6) is -0.0360. The first-order valence-corrected chi connectivity index (χ1v) is 9.79. The van der Waals surface area contributed by atoms with Crippen molar-refractivity contribution >= 4 is 39.3 Å². The van der Waals surface area contributed by atoms with Crippen LogP contribution in [0.1, 0.15) is 11.3 Å². The molecule has 0 aliphatic heterocycles. The van der Waals surface area contributed by atoms with Gasteiger partial charge in [0.2, 0.25) is 5.91 Å². The number of hydrogen-bond acceptors (Lipinski definition) is 4. The number of benzene rings is 2. The molecule has 0 atom stereocenters.